The van der Waals surface area contributed by atoms with E-state index in [-0.39, 0.29) is 11.0 Å². The molecular weight excluding hydrogens is 418 g/mol. The first-order chi connectivity index (χ1) is 14.4. The van der Waals surface area contributed by atoms with E-state index in [1.807, 2.05) is 62.4 Å². The quantitative estimate of drug-likeness (QED) is 0.392. The Morgan fingerprint density at radius 1 is 1.03 bits per heavy atom. The number of rotatable bonds is 3. The molecule has 0 aliphatic carbocycles. The Morgan fingerprint density at radius 3 is 2.60 bits per heavy atom. The van der Waals surface area contributed by atoms with Crippen molar-refractivity contribution < 1.29 is 9.21 Å². The number of aryl methyl sites for hydroxylation is 2. The first-order valence-corrected chi connectivity index (χ1v) is 10.0. The highest BCUT2D eigenvalue weighted by atomic mass is 35.5. The van der Waals surface area contributed by atoms with Crippen molar-refractivity contribution in [1.29, 1.82) is 0 Å². The minimum absolute atomic E-state index is 0.169. The minimum atomic E-state index is -0.372. The number of oxazole rings is 1. The van der Waals surface area contributed by atoms with Crippen LogP contribution in [0.3, 0.4) is 0 Å². The van der Waals surface area contributed by atoms with Crippen LogP contribution in [0.2, 0.25) is 5.02 Å². The van der Waals surface area contributed by atoms with Gasteiger partial charge in [-0.3, -0.25) is 10.1 Å². The van der Waals surface area contributed by atoms with Crippen molar-refractivity contribution in [2.45, 2.75) is 13.8 Å². The summed E-state index contributed by atoms with van der Waals surface area (Å²) in [7, 11) is 0. The molecule has 0 saturated heterocycles. The standard InChI is InChI=1S/C23H18ClN3O2S/c1-13-6-8-17(18(24)10-13)21(28)27-23(30)25-16-5-3-4-15(12-16)22-26-19-9-7-14(2)11-20(19)29-22/h3-12H,1-2H3,(H2,25,27,28,30). The van der Waals surface area contributed by atoms with E-state index < -0.39 is 0 Å². The first kappa shape index (κ1) is 20.1. The SMILES string of the molecule is Cc1ccc(C(=O)NC(=S)Nc2cccc(-c3nc4ccc(C)cc4o3)c2)c(Cl)c1. The lowest BCUT2D eigenvalue weighted by Crippen LogP contribution is -2.34. The maximum absolute atomic E-state index is 12.4. The molecule has 0 spiro atoms. The molecule has 4 rings (SSSR count). The maximum Gasteiger partial charge on any atom is 0.258 e. The second-order valence-electron chi connectivity index (χ2n) is 6.96. The molecule has 0 radical (unpaired) electrons. The topological polar surface area (TPSA) is 67.2 Å². The molecule has 1 amide bonds. The minimum Gasteiger partial charge on any atom is -0.436 e. The van der Waals surface area contributed by atoms with E-state index in [0.717, 1.165) is 27.8 Å². The lowest BCUT2D eigenvalue weighted by molar-refractivity contribution is 0.0978. The van der Waals surface area contributed by atoms with Crippen molar-refractivity contribution in [3.8, 4) is 11.5 Å². The highest BCUT2D eigenvalue weighted by Crippen LogP contribution is 2.26. The van der Waals surface area contributed by atoms with Crippen molar-refractivity contribution in [2.24, 2.45) is 0 Å². The van der Waals surface area contributed by atoms with Crippen LogP contribution in [-0.2, 0) is 0 Å². The Morgan fingerprint density at radius 2 is 1.80 bits per heavy atom. The molecule has 5 nitrogen and oxygen atoms in total. The van der Waals surface area contributed by atoms with E-state index in [1.54, 1.807) is 12.1 Å². The number of fused-ring (bicyclic) bond motifs is 1. The Labute approximate surface area is 184 Å². The number of anilines is 1. The van der Waals surface area contributed by atoms with Gasteiger partial charge in [-0.15, -0.1) is 0 Å². The Kier molecular flexibility index (Phi) is 5.53. The first-order valence-electron chi connectivity index (χ1n) is 9.25. The lowest BCUT2D eigenvalue weighted by atomic mass is 10.1. The van der Waals surface area contributed by atoms with E-state index in [2.05, 4.69) is 15.6 Å². The van der Waals surface area contributed by atoms with Gasteiger partial charge in [0.05, 0.1) is 10.6 Å². The van der Waals surface area contributed by atoms with Gasteiger partial charge in [0.25, 0.3) is 5.91 Å². The number of nitrogens with one attached hydrogen (secondary N) is 2. The zero-order valence-electron chi connectivity index (χ0n) is 16.3. The second-order valence-corrected chi connectivity index (χ2v) is 7.78. The maximum atomic E-state index is 12.4. The average molecular weight is 436 g/mol. The molecule has 3 aromatic carbocycles. The number of benzene rings is 3. The molecule has 0 saturated carbocycles. The zero-order valence-corrected chi connectivity index (χ0v) is 17.9. The molecule has 0 unspecified atom stereocenters. The van der Waals surface area contributed by atoms with Crippen LogP contribution >= 0.6 is 23.8 Å². The van der Waals surface area contributed by atoms with Crippen LogP contribution < -0.4 is 10.6 Å². The molecule has 150 valence electrons. The average Bonchev–Trinajstić information content (AvgIpc) is 3.11. The third-order valence-corrected chi connectivity index (χ3v) is 5.02. The number of nitrogens with zero attached hydrogens (tertiary/aromatic N) is 1. The van der Waals surface area contributed by atoms with E-state index >= 15 is 0 Å². The van der Waals surface area contributed by atoms with Crippen molar-refractivity contribution in [3.05, 3.63) is 82.4 Å². The number of hydrogen-bond acceptors (Lipinski definition) is 4. The summed E-state index contributed by atoms with van der Waals surface area (Å²) in [4.78, 5) is 17.0. The lowest BCUT2D eigenvalue weighted by Gasteiger charge is -2.11. The summed E-state index contributed by atoms with van der Waals surface area (Å²) in [5.41, 5.74) is 5.48. The van der Waals surface area contributed by atoms with Crippen molar-refractivity contribution in [1.82, 2.24) is 10.3 Å². The highest BCUT2D eigenvalue weighted by Gasteiger charge is 2.13. The van der Waals surface area contributed by atoms with Crippen molar-refractivity contribution >= 4 is 51.6 Å². The Balaban J connectivity index is 1.49. The summed E-state index contributed by atoms with van der Waals surface area (Å²) >= 11 is 11.4. The zero-order chi connectivity index (χ0) is 21.3. The summed E-state index contributed by atoms with van der Waals surface area (Å²) in [5.74, 6) is 0.142. The molecule has 0 bridgehead atoms. The van der Waals surface area contributed by atoms with Gasteiger partial charge in [0.1, 0.15) is 5.52 Å². The summed E-state index contributed by atoms with van der Waals surface area (Å²) < 4.78 is 5.88. The van der Waals surface area contributed by atoms with Crippen molar-refractivity contribution in [3.63, 3.8) is 0 Å². The van der Waals surface area contributed by atoms with Crippen LogP contribution in [0.5, 0.6) is 0 Å². The number of thiocarbonyl (C=S) groups is 1. The van der Waals surface area contributed by atoms with Gasteiger partial charge in [0.15, 0.2) is 10.7 Å². The van der Waals surface area contributed by atoms with Crippen molar-refractivity contribution in [2.75, 3.05) is 5.32 Å². The van der Waals surface area contributed by atoms with Gasteiger partial charge in [-0.2, -0.15) is 0 Å². The predicted octanol–water partition coefficient (Wildman–Crippen LogP) is 5.89. The van der Waals surface area contributed by atoms with Gasteiger partial charge in [-0.05, 0) is 79.7 Å². The van der Waals surface area contributed by atoms with Gasteiger partial charge in [0.2, 0.25) is 5.89 Å². The van der Waals surface area contributed by atoms with Crippen LogP contribution in [0.4, 0.5) is 5.69 Å². The van der Waals surface area contributed by atoms with Crippen LogP contribution in [0, 0.1) is 13.8 Å². The third-order valence-electron chi connectivity index (χ3n) is 4.51. The Bertz CT molecular complexity index is 1280. The molecule has 4 aromatic rings. The Hall–Kier alpha value is -3.22. The van der Waals surface area contributed by atoms with E-state index in [1.165, 1.54) is 0 Å². The number of carbonyl (C=O) groups is 1. The molecule has 0 aliphatic rings. The van der Waals surface area contributed by atoms with Gasteiger partial charge in [0, 0.05) is 11.3 Å². The monoisotopic (exact) mass is 435 g/mol. The molecule has 1 heterocycles. The fourth-order valence-electron chi connectivity index (χ4n) is 3.02. The number of amides is 1. The molecule has 0 atom stereocenters. The van der Waals surface area contributed by atoms with E-state index in [0.29, 0.717) is 22.2 Å². The van der Waals surface area contributed by atoms with E-state index in [9.17, 15) is 4.79 Å². The van der Waals surface area contributed by atoms with Crippen LogP contribution in [0.15, 0.2) is 65.1 Å². The van der Waals surface area contributed by atoms with Crippen LogP contribution in [-0.4, -0.2) is 16.0 Å². The van der Waals surface area contributed by atoms with Crippen LogP contribution in [0.1, 0.15) is 21.5 Å². The largest absolute Gasteiger partial charge is 0.436 e. The molecule has 2 N–H and O–H groups in total. The third kappa shape index (κ3) is 4.35. The smallest absolute Gasteiger partial charge is 0.258 e. The number of carbonyl (C=O) groups excluding carboxylic acids is 1. The summed E-state index contributed by atoms with van der Waals surface area (Å²) in [6.07, 6.45) is 0. The summed E-state index contributed by atoms with van der Waals surface area (Å²) in [6, 6.07) is 18.6. The molecule has 30 heavy (non-hydrogen) atoms. The second kappa shape index (κ2) is 8.26. The van der Waals surface area contributed by atoms with E-state index in [4.69, 9.17) is 28.2 Å². The van der Waals surface area contributed by atoms with Gasteiger partial charge in [-0.1, -0.05) is 29.8 Å². The molecule has 7 heteroatoms. The molecule has 1 aromatic heterocycles. The van der Waals surface area contributed by atoms with Crippen LogP contribution in [0.25, 0.3) is 22.6 Å². The number of hydrogen-bond donors (Lipinski definition) is 2. The molecule has 0 aliphatic heterocycles. The normalized spacial score (nSPS) is 10.8. The highest BCUT2D eigenvalue weighted by molar-refractivity contribution is 7.80. The predicted molar refractivity (Wildman–Crippen MR) is 124 cm³/mol. The van der Waals surface area contributed by atoms with Gasteiger partial charge in [-0.25, -0.2) is 4.98 Å². The van der Waals surface area contributed by atoms with Gasteiger partial charge >= 0.3 is 0 Å². The summed E-state index contributed by atoms with van der Waals surface area (Å²) in [6.45, 7) is 3.91. The van der Waals surface area contributed by atoms with Gasteiger partial charge < -0.3 is 9.73 Å². The number of aromatic nitrogens is 1. The fraction of sp³-hybridized carbons (Fsp3) is 0.0870. The number of halogens is 1. The molecule has 0 fully saturated rings. The fourth-order valence-corrected chi connectivity index (χ4v) is 3.55. The summed E-state index contributed by atoms with van der Waals surface area (Å²) in [5, 5.41) is 6.21. The molecular formula is C23H18ClN3O2S.